The maximum atomic E-state index is 15.8. The summed E-state index contributed by atoms with van der Waals surface area (Å²) >= 11 is 0. The van der Waals surface area contributed by atoms with Gasteiger partial charge in [0.05, 0.1) is 12.7 Å². The van der Waals surface area contributed by atoms with Crippen molar-refractivity contribution in [3.8, 4) is 5.75 Å². The lowest BCUT2D eigenvalue weighted by atomic mass is 9.87. The van der Waals surface area contributed by atoms with E-state index >= 15 is 8.78 Å². The Morgan fingerprint density at radius 2 is 1.79 bits per heavy atom. The van der Waals surface area contributed by atoms with Gasteiger partial charge in [-0.25, -0.2) is 13.2 Å². The van der Waals surface area contributed by atoms with Crippen molar-refractivity contribution < 1.29 is 22.3 Å². The molecule has 4 nitrogen and oxygen atoms in total. The molecule has 2 aromatic carbocycles. The molecular formula is C30H35F4N3O. The summed E-state index contributed by atoms with van der Waals surface area (Å²) in [4.78, 5) is 7.39. The molecule has 1 saturated carbocycles. The molecule has 3 aliphatic rings. The predicted octanol–water partition coefficient (Wildman–Crippen LogP) is 6.34. The number of hydrogen-bond donors (Lipinski definition) is 1. The second-order valence-electron chi connectivity index (χ2n) is 12.3. The van der Waals surface area contributed by atoms with Crippen LogP contribution in [0.2, 0.25) is 0 Å². The number of alkyl halides is 2. The SMILES string of the molecule is C[C@@H]1Cc2c([nH]c3ccccc23)[C@@H](c2c(F)cc(OC3CN(CC4(CF)CC4)C3)cc2F)N1CC(C)(C)F. The highest BCUT2D eigenvalue weighted by atomic mass is 19.1. The predicted molar refractivity (Wildman–Crippen MR) is 140 cm³/mol. The molecule has 0 unspecified atom stereocenters. The summed E-state index contributed by atoms with van der Waals surface area (Å²) in [5, 5.41) is 1.02. The van der Waals surface area contributed by atoms with Crippen molar-refractivity contribution in [2.75, 3.05) is 32.9 Å². The van der Waals surface area contributed by atoms with Crippen LogP contribution in [-0.2, 0) is 6.42 Å². The molecule has 2 aliphatic heterocycles. The van der Waals surface area contributed by atoms with Gasteiger partial charge in [0.1, 0.15) is 29.2 Å². The van der Waals surface area contributed by atoms with E-state index in [0.29, 0.717) is 31.7 Å². The molecule has 0 bridgehead atoms. The summed E-state index contributed by atoms with van der Waals surface area (Å²) in [6, 6.07) is 9.37. The van der Waals surface area contributed by atoms with Crippen molar-refractivity contribution in [3.05, 3.63) is 64.9 Å². The molecule has 8 heteroatoms. The van der Waals surface area contributed by atoms with E-state index in [0.717, 1.165) is 29.3 Å². The van der Waals surface area contributed by atoms with E-state index < -0.39 is 23.3 Å². The maximum absolute atomic E-state index is 15.8. The lowest BCUT2D eigenvalue weighted by Crippen LogP contribution is -2.55. The fourth-order valence-corrected chi connectivity index (χ4v) is 6.29. The molecule has 204 valence electrons. The van der Waals surface area contributed by atoms with Crippen LogP contribution < -0.4 is 4.74 Å². The maximum Gasteiger partial charge on any atom is 0.135 e. The summed E-state index contributed by atoms with van der Waals surface area (Å²) in [7, 11) is 0. The Hall–Kier alpha value is -2.58. The summed E-state index contributed by atoms with van der Waals surface area (Å²) in [6.45, 7) is 6.62. The van der Waals surface area contributed by atoms with Crippen LogP contribution in [0.15, 0.2) is 36.4 Å². The number of fused-ring (bicyclic) bond motifs is 3. The van der Waals surface area contributed by atoms with E-state index in [-0.39, 0.29) is 42.1 Å². The van der Waals surface area contributed by atoms with Crippen LogP contribution in [0.4, 0.5) is 17.6 Å². The molecule has 1 N–H and O–H groups in total. The molecule has 2 fully saturated rings. The number of para-hydroxylation sites is 1. The zero-order valence-electron chi connectivity index (χ0n) is 22.2. The normalized spacial score (nSPS) is 23.9. The molecule has 3 heterocycles. The Kier molecular flexibility index (Phi) is 6.26. The van der Waals surface area contributed by atoms with Gasteiger partial charge in [0.25, 0.3) is 0 Å². The number of aromatic amines is 1. The van der Waals surface area contributed by atoms with Crippen LogP contribution >= 0.6 is 0 Å². The van der Waals surface area contributed by atoms with Crippen molar-refractivity contribution in [3.63, 3.8) is 0 Å². The zero-order valence-corrected chi connectivity index (χ0v) is 22.2. The Morgan fingerprint density at radius 3 is 2.42 bits per heavy atom. The molecule has 0 spiro atoms. The van der Waals surface area contributed by atoms with Crippen molar-refractivity contribution in [1.29, 1.82) is 0 Å². The van der Waals surface area contributed by atoms with E-state index in [1.54, 1.807) is 0 Å². The van der Waals surface area contributed by atoms with Gasteiger partial charge in [0, 0.05) is 71.9 Å². The highest BCUT2D eigenvalue weighted by molar-refractivity contribution is 5.85. The summed E-state index contributed by atoms with van der Waals surface area (Å²) in [5.41, 5.74) is 0.771. The minimum Gasteiger partial charge on any atom is -0.488 e. The van der Waals surface area contributed by atoms with E-state index in [9.17, 15) is 8.78 Å². The number of rotatable bonds is 8. The Bertz CT molecular complexity index is 1320. The summed E-state index contributed by atoms with van der Waals surface area (Å²) in [6.07, 6.45) is 2.29. The summed E-state index contributed by atoms with van der Waals surface area (Å²) in [5.74, 6) is -1.29. The number of benzene rings is 2. The van der Waals surface area contributed by atoms with Gasteiger partial charge < -0.3 is 9.72 Å². The van der Waals surface area contributed by atoms with Crippen molar-refractivity contribution in [2.45, 2.75) is 63.9 Å². The molecular weight excluding hydrogens is 494 g/mol. The minimum absolute atomic E-state index is 0.0308. The van der Waals surface area contributed by atoms with Gasteiger partial charge in [0.15, 0.2) is 0 Å². The third-order valence-corrected chi connectivity index (χ3v) is 8.43. The second kappa shape index (κ2) is 9.26. The fourth-order valence-electron chi connectivity index (χ4n) is 6.29. The Balaban J connectivity index is 1.30. The fraction of sp³-hybridized carbons (Fsp3) is 0.533. The van der Waals surface area contributed by atoms with Gasteiger partial charge in [-0.1, -0.05) is 18.2 Å². The molecule has 2 atom stereocenters. The number of nitrogens with one attached hydrogen (secondary N) is 1. The number of hydrogen-bond acceptors (Lipinski definition) is 3. The van der Waals surface area contributed by atoms with E-state index in [4.69, 9.17) is 4.74 Å². The monoisotopic (exact) mass is 529 g/mol. The van der Waals surface area contributed by atoms with Gasteiger partial charge >= 0.3 is 0 Å². The first-order valence-electron chi connectivity index (χ1n) is 13.5. The second-order valence-corrected chi connectivity index (χ2v) is 12.3. The first-order valence-corrected chi connectivity index (χ1v) is 13.5. The number of halogens is 4. The van der Waals surface area contributed by atoms with Crippen LogP contribution in [-0.4, -0.2) is 65.5 Å². The molecule has 3 aromatic rings. The highest BCUT2D eigenvalue weighted by Crippen LogP contribution is 2.47. The third-order valence-electron chi connectivity index (χ3n) is 8.43. The Labute approximate surface area is 220 Å². The van der Waals surface area contributed by atoms with E-state index in [1.165, 1.54) is 26.0 Å². The van der Waals surface area contributed by atoms with Gasteiger partial charge in [-0.3, -0.25) is 14.2 Å². The van der Waals surface area contributed by atoms with Gasteiger partial charge in [0.2, 0.25) is 0 Å². The standard InChI is InChI=1S/C30H35F4N3O/c1-18-10-22-21-6-4-5-7-25(21)35-27(22)28(37(18)16-29(2,3)34)26-23(32)11-19(12-24(26)33)38-20-13-36(14-20)17-30(15-31)8-9-30/h4-7,11-12,18,20,28,35H,8-10,13-17H2,1-3H3/t18-,28-/m1/s1. The van der Waals surface area contributed by atoms with Gasteiger partial charge in [-0.2, -0.15) is 0 Å². The lowest BCUT2D eigenvalue weighted by molar-refractivity contribution is 0.00401. The van der Waals surface area contributed by atoms with Crippen LogP contribution in [0.1, 0.15) is 56.5 Å². The molecule has 1 aliphatic carbocycles. The lowest BCUT2D eigenvalue weighted by Gasteiger charge is -2.43. The quantitative estimate of drug-likeness (QED) is 0.346. The average Bonchev–Trinajstić information content (AvgIpc) is 3.51. The van der Waals surface area contributed by atoms with Crippen LogP contribution in [0.5, 0.6) is 5.75 Å². The third kappa shape index (κ3) is 4.70. The topological polar surface area (TPSA) is 31.5 Å². The number of nitrogens with zero attached hydrogens (tertiary/aromatic N) is 2. The highest BCUT2D eigenvalue weighted by Gasteiger charge is 2.46. The molecule has 0 amide bonds. The number of H-pyrrole nitrogens is 1. The number of likely N-dealkylation sites (tertiary alicyclic amines) is 1. The van der Waals surface area contributed by atoms with Gasteiger partial charge in [-0.05, 0) is 51.7 Å². The smallest absolute Gasteiger partial charge is 0.135 e. The van der Waals surface area contributed by atoms with Crippen LogP contribution in [0.3, 0.4) is 0 Å². The minimum atomic E-state index is -1.55. The van der Waals surface area contributed by atoms with Crippen LogP contribution in [0.25, 0.3) is 10.9 Å². The van der Waals surface area contributed by atoms with Gasteiger partial charge in [-0.15, -0.1) is 0 Å². The molecule has 0 radical (unpaired) electrons. The largest absolute Gasteiger partial charge is 0.488 e. The van der Waals surface area contributed by atoms with Crippen molar-refractivity contribution in [1.82, 2.24) is 14.8 Å². The van der Waals surface area contributed by atoms with Crippen molar-refractivity contribution >= 4 is 10.9 Å². The van der Waals surface area contributed by atoms with E-state index in [1.807, 2.05) is 36.1 Å². The van der Waals surface area contributed by atoms with Crippen molar-refractivity contribution in [2.24, 2.45) is 5.41 Å². The number of ether oxygens (including phenoxy) is 1. The first kappa shape index (κ1) is 25.7. The molecule has 38 heavy (non-hydrogen) atoms. The zero-order chi connectivity index (χ0) is 26.8. The molecule has 1 aromatic heterocycles. The Morgan fingerprint density at radius 1 is 1.11 bits per heavy atom. The number of aromatic nitrogens is 1. The molecule has 6 rings (SSSR count). The van der Waals surface area contributed by atoms with Crippen LogP contribution in [0, 0.1) is 17.0 Å². The first-order chi connectivity index (χ1) is 18.1. The van der Waals surface area contributed by atoms with E-state index in [2.05, 4.69) is 9.88 Å². The molecule has 1 saturated heterocycles. The average molecular weight is 530 g/mol. The summed E-state index contributed by atoms with van der Waals surface area (Å²) < 4.78 is 65.7.